The molecule has 1 aliphatic rings. The number of aryl methyl sites for hydroxylation is 1. The van der Waals surface area contributed by atoms with Gasteiger partial charge in [-0.2, -0.15) is 0 Å². The number of rotatable bonds is 7. The number of carbonyl (C=O) groups excluding carboxylic acids is 2. The van der Waals surface area contributed by atoms with E-state index in [9.17, 15) is 9.59 Å². The van der Waals surface area contributed by atoms with Gasteiger partial charge in [-0.3, -0.25) is 9.59 Å². The molecule has 1 saturated heterocycles. The first-order chi connectivity index (χ1) is 11.6. The Bertz CT molecular complexity index is 554. The highest BCUT2D eigenvalue weighted by Gasteiger charge is 2.24. The van der Waals surface area contributed by atoms with Gasteiger partial charge in [-0.1, -0.05) is 18.2 Å². The summed E-state index contributed by atoms with van der Waals surface area (Å²) in [5, 5.41) is 6.15. The monoisotopic (exact) mass is 333 g/mol. The van der Waals surface area contributed by atoms with Crippen molar-refractivity contribution in [3.8, 4) is 0 Å². The Morgan fingerprint density at radius 3 is 2.62 bits per heavy atom. The average molecular weight is 333 g/mol. The zero-order chi connectivity index (χ0) is 17.4. The SMILES string of the molecule is COCCNCC(=O)N1CCC(NC(=O)c2ccccc2C)CC1. The highest BCUT2D eigenvalue weighted by Crippen LogP contribution is 2.13. The maximum atomic E-state index is 12.3. The number of benzene rings is 1. The van der Waals surface area contributed by atoms with E-state index >= 15 is 0 Å². The summed E-state index contributed by atoms with van der Waals surface area (Å²) >= 11 is 0. The van der Waals surface area contributed by atoms with Gasteiger partial charge in [0.1, 0.15) is 0 Å². The number of piperidine rings is 1. The number of nitrogens with one attached hydrogen (secondary N) is 2. The summed E-state index contributed by atoms with van der Waals surface area (Å²) in [6.45, 7) is 4.91. The molecule has 0 unspecified atom stereocenters. The van der Waals surface area contributed by atoms with Gasteiger partial charge in [-0.05, 0) is 31.4 Å². The molecule has 1 aromatic carbocycles. The van der Waals surface area contributed by atoms with Crippen LogP contribution in [0.3, 0.4) is 0 Å². The fourth-order valence-electron chi connectivity index (χ4n) is 2.85. The molecule has 1 heterocycles. The van der Waals surface area contributed by atoms with E-state index in [0.717, 1.165) is 24.0 Å². The Hall–Kier alpha value is -1.92. The largest absolute Gasteiger partial charge is 0.383 e. The van der Waals surface area contributed by atoms with Gasteiger partial charge in [0, 0.05) is 38.3 Å². The van der Waals surface area contributed by atoms with Crippen LogP contribution in [0, 0.1) is 6.92 Å². The third kappa shape index (κ3) is 5.32. The first kappa shape index (κ1) is 18.4. The summed E-state index contributed by atoms with van der Waals surface area (Å²) in [4.78, 5) is 26.3. The number of nitrogens with zero attached hydrogens (tertiary/aromatic N) is 1. The Kier molecular flexibility index (Phi) is 7.21. The number of hydrogen-bond donors (Lipinski definition) is 2. The van der Waals surface area contributed by atoms with Gasteiger partial charge in [0.05, 0.1) is 13.2 Å². The lowest BCUT2D eigenvalue weighted by Gasteiger charge is -2.32. The van der Waals surface area contributed by atoms with Crippen molar-refractivity contribution in [3.63, 3.8) is 0 Å². The normalized spacial score (nSPS) is 15.3. The molecule has 0 aliphatic carbocycles. The first-order valence-electron chi connectivity index (χ1n) is 8.45. The van der Waals surface area contributed by atoms with Crippen molar-refractivity contribution < 1.29 is 14.3 Å². The molecule has 6 nitrogen and oxygen atoms in total. The third-order valence-electron chi connectivity index (χ3n) is 4.33. The van der Waals surface area contributed by atoms with E-state index in [0.29, 0.717) is 32.8 Å². The Morgan fingerprint density at radius 2 is 1.96 bits per heavy atom. The summed E-state index contributed by atoms with van der Waals surface area (Å²) in [5.41, 5.74) is 1.70. The van der Waals surface area contributed by atoms with Crippen LogP contribution in [0.15, 0.2) is 24.3 Å². The van der Waals surface area contributed by atoms with Crippen molar-refractivity contribution in [2.45, 2.75) is 25.8 Å². The van der Waals surface area contributed by atoms with Gasteiger partial charge in [0.25, 0.3) is 5.91 Å². The molecule has 24 heavy (non-hydrogen) atoms. The summed E-state index contributed by atoms with van der Waals surface area (Å²) in [7, 11) is 1.64. The molecule has 2 N–H and O–H groups in total. The second-order valence-electron chi connectivity index (χ2n) is 6.11. The molecule has 2 rings (SSSR count). The molecular weight excluding hydrogens is 306 g/mol. The minimum absolute atomic E-state index is 0.0286. The van der Waals surface area contributed by atoms with Crippen molar-refractivity contribution in [1.82, 2.24) is 15.5 Å². The third-order valence-corrected chi connectivity index (χ3v) is 4.33. The molecule has 0 saturated carbocycles. The average Bonchev–Trinajstić information content (AvgIpc) is 2.59. The lowest BCUT2D eigenvalue weighted by atomic mass is 10.0. The van der Waals surface area contributed by atoms with Crippen molar-refractivity contribution >= 4 is 11.8 Å². The minimum Gasteiger partial charge on any atom is -0.383 e. The molecule has 0 spiro atoms. The number of amides is 2. The number of ether oxygens (including phenoxy) is 1. The molecule has 1 aromatic rings. The summed E-state index contributed by atoms with van der Waals surface area (Å²) in [6, 6.07) is 7.71. The molecule has 0 aromatic heterocycles. The van der Waals surface area contributed by atoms with Crippen LogP contribution in [0.4, 0.5) is 0 Å². The van der Waals surface area contributed by atoms with Crippen molar-refractivity contribution in [1.29, 1.82) is 0 Å². The minimum atomic E-state index is -0.0286. The number of carbonyl (C=O) groups is 2. The Morgan fingerprint density at radius 1 is 1.25 bits per heavy atom. The van der Waals surface area contributed by atoms with Crippen molar-refractivity contribution in [2.24, 2.45) is 0 Å². The summed E-state index contributed by atoms with van der Waals surface area (Å²) in [5.74, 6) is 0.0777. The van der Waals surface area contributed by atoms with E-state index in [1.165, 1.54) is 0 Å². The number of methoxy groups -OCH3 is 1. The van der Waals surface area contributed by atoms with Crippen LogP contribution in [0.5, 0.6) is 0 Å². The summed E-state index contributed by atoms with van der Waals surface area (Å²) in [6.07, 6.45) is 1.59. The molecule has 1 fully saturated rings. The molecular formula is C18H27N3O3. The van der Waals surface area contributed by atoms with Gasteiger partial charge >= 0.3 is 0 Å². The van der Waals surface area contributed by atoms with Gasteiger partial charge in [0.2, 0.25) is 5.91 Å². The fourth-order valence-corrected chi connectivity index (χ4v) is 2.85. The van der Waals surface area contributed by atoms with Crippen LogP contribution in [0.1, 0.15) is 28.8 Å². The highest BCUT2D eigenvalue weighted by atomic mass is 16.5. The Balaban J connectivity index is 1.73. The quantitative estimate of drug-likeness (QED) is 0.729. The molecule has 0 bridgehead atoms. The standard InChI is InChI=1S/C18H27N3O3/c1-14-5-3-4-6-16(14)18(23)20-15-7-10-21(11-8-15)17(22)13-19-9-12-24-2/h3-6,15,19H,7-13H2,1-2H3,(H,20,23). The molecule has 2 amide bonds. The van der Waals surface area contributed by atoms with Gasteiger partial charge < -0.3 is 20.3 Å². The van der Waals surface area contributed by atoms with Crippen LogP contribution >= 0.6 is 0 Å². The molecule has 0 atom stereocenters. The molecule has 6 heteroatoms. The number of hydrogen-bond acceptors (Lipinski definition) is 4. The van der Waals surface area contributed by atoms with Crippen molar-refractivity contribution in [2.75, 3.05) is 39.9 Å². The zero-order valence-corrected chi connectivity index (χ0v) is 14.5. The maximum absolute atomic E-state index is 12.3. The smallest absolute Gasteiger partial charge is 0.251 e. The maximum Gasteiger partial charge on any atom is 0.251 e. The van der Waals surface area contributed by atoms with E-state index in [2.05, 4.69) is 10.6 Å². The van der Waals surface area contributed by atoms with Crippen LogP contribution < -0.4 is 10.6 Å². The van der Waals surface area contributed by atoms with Crippen LogP contribution in [0.2, 0.25) is 0 Å². The molecule has 132 valence electrons. The second kappa shape index (κ2) is 9.39. The van der Waals surface area contributed by atoms with Crippen LogP contribution in [-0.2, 0) is 9.53 Å². The van der Waals surface area contributed by atoms with Gasteiger partial charge in [-0.25, -0.2) is 0 Å². The van der Waals surface area contributed by atoms with E-state index in [-0.39, 0.29) is 17.9 Å². The first-order valence-corrected chi connectivity index (χ1v) is 8.45. The van der Waals surface area contributed by atoms with E-state index in [1.54, 1.807) is 7.11 Å². The zero-order valence-electron chi connectivity index (χ0n) is 14.5. The van der Waals surface area contributed by atoms with E-state index < -0.39 is 0 Å². The van der Waals surface area contributed by atoms with Crippen LogP contribution in [-0.4, -0.2) is 62.7 Å². The van der Waals surface area contributed by atoms with Gasteiger partial charge in [-0.15, -0.1) is 0 Å². The van der Waals surface area contributed by atoms with E-state index in [4.69, 9.17) is 4.74 Å². The van der Waals surface area contributed by atoms with Gasteiger partial charge in [0.15, 0.2) is 0 Å². The molecule has 1 aliphatic heterocycles. The van der Waals surface area contributed by atoms with Crippen molar-refractivity contribution in [3.05, 3.63) is 35.4 Å². The highest BCUT2D eigenvalue weighted by molar-refractivity contribution is 5.95. The predicted molar refractivity (Wildman–Crippen MR) is 93.0 cm³/mol. The Labute approximate surface area is 143 Å². The fraction of sp³-hybridized carbons (Fsp3) is 0.556. The van der Waals surface area contributed by atoms with Crippen LogP contribution in [0.25, 0.3) is 0 Å². The van der Waals surface area contributed by atoms with E-state index in [1.807, 2.05) is 36.1 Å². The topological polar surface area (TPSA) is 70.7 Å². The number of likely N-dealkylation sites (tertiary alicyclic amines) is 1. The lowest BCUT2D eigenvalue weighted by molar-refractivity contribution is -0.131. The summed E-state index contributed by atoms with van der Waals surface area (Å²) < 4.78 is 4.94. The second-order valence-corrected chi connectivity index (χ2v) is 6.11. The lowest BCUT2D eigenvalue weighted by Crippen LogP contribution is -2.48. The molecule has 0 radical (unpaired) electrons. The predicted octanol–water partition coefficient (Wildman–Crippen LogP) is 0.952.